The van der Waals surface area contributed by atoms with E-state index in [0.29, 0.717) is 25.2 Å². The van der Waals surface area contributed by atoms with Crippen molar-refractivity contribution in [3.05, 3.63) is 29.8 Å². The molecule has 1 spiro atoms. The van der Waals surface area contributed by atoms with Crippen molar-refractivity contribution in [3.8, 4) is 0 Å². The average molecular weight is 317 g/mol. The number of benzene rings is 1. The molecule has 2 aliphatic rings. The fourth-order valence-electron chi connectivity index (χ4n) is 3.14. The van der Waals surface area contributed by atoms with Crippen LogP contribution < -0.4 is 5.32 Å². The topological polar surface area (TPSA) is 61.9 Å². The second-order valence-electron chi connectivity index (χ2n) is 6.39. The highest BCUT2D eigenvalue weighted by Gasteiger charge is 2.54. The summed E-state index contributed by atoms with van der Waals surface area (Å²) in [6.07, 6.45) is 1.87. The van der Waals surface area contributed by atoms with Gasteiger partial charge in [0, 0.05) is 19.3 Å². The third-order valence-electron chi connectivity index (χ3n) is 4.39. The Morgan fingerprint density at radius 2 is 2.04 bits per heavy atom. The molecule has 124 valence electrons. The lowest BCUT2D eigenvalue weighted by molar-refractivity contribution is -0.0581. The second-order valence-corrected chi connectivity index (χ2v) is 6.39. The highest BCUT2D eigenvalue weighted by atomic mass is 16.6. The van der Waals surface area contributed by atoms with Crippen LogP contribution in [0.5, 0.6) is 0 Å². The van der Waals surface area contributed by atoms with Crippen LogP contribution in [0.1, 0.15) is 30.1 Å². The molecule has 2 amide bonds. The lowest BCUT2D eigenvalue weighted by Crippen LogP contribution is -2.65. The van der Waals surface area contributed by atoms with Crippen LogP contribution in [0.25, 0.3) is 0 Å². The molecule has 23 heavy (non-hydrogen) atoms. The van der Waals surface area contributed by atoms with E-state index in [4.69, 9.17) is 4.74 Å². The standard InChI is InChI=1S/C17H23N3O3/c1-3-4-9-18-14-8-6-5-7-13(14)15(21)20-11-17(12-20)10-19(2)16(22)23-17/h5-8,18H,3-4,9-12H2,1-2H3. The Kier molecular flexibility index (Phi) is 4.15. The van der Waals surface area contributed by atoms with Gasteiger partial charge in [0.2, 0.25) is 0 Å². The molecule has 2 saturated heterocycles. The van der Waals surface area contributed by atoms with Crippen LogP contribution in [0, 0.1) is 0 Å². The van der Waals surface area contributed by atoms with Crippen LogP contribution >= 0.6 is 0 Å². The van der Waals surface area contributed by atoms with Crippen LogP contribution in [-0.2, 0) is 4.74 Å². The number of carbonyl (C=O) groups excluding carboxylic acids is 2. The molecule has 1 aromatic rings. The van der Waals surface area contributed by atoms with E-state index in [9.17, 15) is 9.59 Å². The number of nitrogens with one attached hydrogen (secondary N) is 1. The van der Waals surface area contributed by atoms with Crippen LogP contribution in [0.15, 0.2) is 24.3 Å². The minimum Gasteiger partial charge on any atom is -0.437 e. The lowest BCUT2D eigenvalue weighted by atomic mass is 9.93. The van der Waals surface area contributed by atoms with Gasteiger partial charge in [-0.3, -0.25) is 4.79 Å². The summed E-state index contributed by atoms with van der Waals surface area (Å²) >= 11 is 0. The molecule has 1 N–H and O–H groups in total. The highest BCUT2D eigenvalue weighted by molar-refractivity contribution is 6.00. The number of amides is 2. The van der Waals surface area contributed by atoms with Crippen LogP contribution in [0.4, 0.5) is 10.5 Å². The Bertz CT molecular complexity index is 611. The van der Waals surface area contributed by atoms with Crippen LogP contribution in [0.3, 0.4) is 0 Å². The number of nitrogens with zero attached hydrogens (tertiary/aromatic N) is 2. The number of rotatable bonds is 5. The summed E-state index contributed by atoms with van der Waals surface area (Å²) in [4.78, 5) is 27.5. The van der Waals surface area contributed by atoms with Gasteiger partial charge >= 0.3 is 6.09 Å². The van der Waals surface area contributed by atoms with E-state index in [1.54, 1.807) is 16.8 Å². The zero-order valence-electron chi connectivity index (χ0n) is 13.7. The monoisotopic (exact) mass is 317 g/mol. The summed E-state index contributed by atoms with van der Waals surface area (Å²) < 4.78 is 5.40. The summed E-state index contributed by atoms with van der Waals surface area (Å²) in [5, 5.41) is 3.33. The third kappa shape index (κ3) is 2.98. The average Bonchev–Trinajstić information content (AvgIpc) is 2.82. The Hall–Kier alpha value is -2.24. The van der Waals surface area contributed by atoms with Crippen LogP contribution in [-0.4, -0.2) is 60.6 Å². The van der Waals surface area contributed by atoms with Gasteiger partial charge in [-0.05, 0) is 18.6 Å². The first-order chi connectivity index (χ1) is 11.0. The first-order valence-corrected chi connectivity index (χ1v) is 8.11. The van der Waals surface area contributed by atoms with Gasteiger partial charge in [-0.2, -0.15) is 0 Å². The van der Waals surface area contributed by atoms with E-state index in [1.807, 2.05) is 24.3 Å². The summed E-state index contributed by atoms with van der Waals surface area (Å²) in [6.45, 7) is 4.47. The van der Waals surface area contributed by atoms with Crippen molar-refractivity contribution in [2.24, 2.45) is 0 Å². The number of hydrogen-bond donors (Lipinski definition) is 1. The molecule has 0 unspecified atom stereocenters. The molecule has 0 saturated carbocycles. The number of ether oxygens (including phenoxy) is 1. The van der Waals surface area contributed by atoms with Gasteiger partial charge < -0.3 is 19.9 Å². The molecular weight excluding hydrogens is 294 g/mol. The molecule has 0 aliphatic carbocycles. The molecular formula is C17H23N3O3. The number of unbranched alkanes of at least 4 members (excludes halogenated alkanes) is 1. The predicted octanol–water partition coefficient (Wildman–Crippen LogP) is 2.18. The van der Waals surface area contributed by atoms with Crippen molar-refractivity contribution in [2.75, 3.05) is 38.5 Å². The highest BCUT2D eigenvalue weighted by Crippen LogP contribution is 2.33. The summed E-state index contributed by atoms with van der Waals surface area (Å²) in [5.41, 5.74) is 1.04. The zero-order chi connectivity index (χ0) is 16.4. The maximum absolute atomic E-state index is 12.7. The molecule has 2 fully saturated rings. The maximum atomic E-state index is 12.7. The third-order valence-corrected chi connectivity index (χ3v) is 4.39. The normalized spacial score (nSPS) is 18.8. The fourth-order valence-corrected chi connectivity index (χ4v) is 3.14. The van der Waals surface area contributed by atoms with Crippen molar-refractivity contribution in [2.45, 2.75) is 25.4 Å². The molecule has 0 bridgehead atoms. The number of hydrogen-bond acceptors (Lipinski definition) is 4. The smallest absolute Gasteiger partial charge is 0.410 e. The molecule has 0 radical (unpaired) electrons. The predicted molar refractivity (Wildman–Crippen MR) is 87.6 cm³/mol. The van der Waals surface area contributed by atoms with Crippen molar-refractivity contribution in [1.82, 2.24) is 9.80 Å². The second kappa shape index (κ2) is 6.10. The molecule has 2 heterocycles. The summed E-state index contributed by atoms with van der Waals surface area (Å²) in [5.74, 6) is -0.0131. The summed E-state index contributed by atoms with van der Waals surface area (Å²) in [6, 6.07) is 7.57. The van der Waals surface area contributed by atoms with E-state index in [-0.39, 0.29) is 12.0 Å². The zero-order valence-corrected chi connectivity index (χ0v) is 13.7. The first kappa shape index (κ1) is 15.6. The number of anilines is 1. The molecule has 0 atom stereocenters. The van der Waals surface area contributed by atoms with E-state index in [0.717, 1.165) is 25.1 Å². The van der Waals surface area contributed by atoms with E-state index in [1.165, 1.54) is 0 Å². The SMILES string of the molecule is CCCCNc1ccccc1C(=O)N1CC2(CN(C)C(=O)O2)C1. The molecule has 6 nitrogen and oxygen atoms in total. The largest absolute Gasteiger partial charge is 0.437 e. The molecule has 3 rings (SSSR count). The van der Waals surface area contributed by atoms with Crippen molar-refractivity contribution in [3.63, 3.8) is 0 Å². The van der Waals surface area contributed by atoms with Gasteiger partial charge in [0.05, 0.1) is 25.2 Å². The van der Waals surface area contributed by atoms with Gasteiger partial charge in [0.1, 0.15) is 0 Å². The van der Waals surface area contributed by atoms with E-state index >= 15 is 0 Å². The van der Waals surface area contributed by atoms with Crippen molar-refractivity contribution >= 4 is 17.7 Å². The Morgan fingerprint density at radius 3 is 2.70 bits per heavy atom. The van der Waals surface area contributed by atoms with Gasteiger partial charge in [-0.1, -0.05) is 25.5 Å². The van der Waals surface area contributed by atoms with Gasteiger partial charge in [0.25, 0.3) is 5.91 Å². The first-order valence-electron chi connectivity index (χ1n) is 8.11. The minimum atomic E-state index is -0.508. The fraction of sp³-hybridized carbons (Fsp3) is 0.529. The van der Waals surface area contributed by atoms with Gasteiger partial charge in [-0.25, -0.2) is 4.79 Å². The van der Waals surface area contributed by atoms with Crippen LogP contribution in [0.2, 0.25) is 0 Å². The molecule has 0 aromatic heterocycles. The van der Waals surface area contributed by atoms with E-state index in [2.05, 4.69) is 12.2 Å². The number of likely N-dealkylation sites (tertiary alicyclic amines) is 1. The van der Waals surface area contributed by atoms with Crippen molar-refractivity contribution in [1.29, 1.82) is 0 Å². The Morgan fingerprint density at radius 1 is 1.30 bits per heavy atom. The van der Waals surface area contributed by atoms with Gasteiger partial charge in [0.15, 0.2) is 5.60 Å². The molecule has 1 aromatic carbocycles. The Labute approximate surface area is 136 Å². The lowest BCUT2D eigenvalue weighted by Gasteiger charge is -2.45. The molecule has 6 heteroatoms. The van der Waals surface area contributed by atoms with Gasteiger partial charge in [-0.15, -0.1) is 0 Å². The quantitative estimate of drug-likeness (QED) is 0.846. The number of likely N-dealkylation sites (N-methyl/N-ethyl adjacent to an activating group) is 1. The van der Waals surface area contributed by atoms with Crippen molar-refractivity contribution < 1.29 is 14.3 Å². The summed E-state index contributed by atoms with van der Waals surface area (Å²) in [7, 11) is 1.72. The Balaban J connectivity index is 1.65. The number of carbonyl (C=O) groups is 2. The number of para-hydroxylation sites is 1. The minimum absolute atomic E-state index is 0.0131. The molecule has 2 aliphatic heterocycles. The van der Waals surface area contributed by atoms with E-state index < -0.39 is 5.60 Å². The maximum Gasteiger partial charge on any atom is 0.410 e.